The Morgan fingerprint density at radius 3 is 2.57 bits per heavy atom. The molecule has 0 fully saturated rings. The molecule has 0 aliphatic heterocycles. The van der Waals surface area contributed by atoms with Crippen LogP contribution in [0.15, 0.2) is 24.3 Å². The first-order chi connectivity index (χ1) is 10.0. The first kappa shape index (κ1) is 17.5. The number of amides is 1. The van der Waals surface area contributed by atoms with Gasteiger partial charge in [-0.25, -0.2) is 0 Å². The molecule has 5 heteroatoms. The Labute approximate surface area is 127 Å². The molecule has 0 aromatic heterocycles. The number of carbonyl (C=O) groups excluding carboxylic acids is 1. The molecule has 1 atom stereocenters. The van der Waals surface area contributed by atoms with Crippen molar-refractivity contribution in [3.8, 4) is 5.75 Å². The second-order valence-corrected chi connectivity index (χ2v) is 5.60. The molecule has 1 unspecified atom stereocenters. The van der Waals surface area contributed by atoms with Crippen LogP contribution in [0.2, 0.25) is 0 Å². The number of likely N-dealkylation sites (N-methyl/N-ethyl adjacent to an activating group) is 1. The number of nitrogens with two attached hydrogens (primary N) is 1. The summed E-state index contributed by atoms with van der Waals surface area (Å²) in [5.74, 6) is 1.21. The largest absolute Gasteiger partial charge is 0.492 e. The van der Waals surface area contributed by atoms with E-state index in [0.717, 1.165) is 24.4 Å². The van der Waals surface area contributed by atoms with E-state index in [1.807, 2.05) is 45.3 Å². The molecule has 0 radical (unpaired) electrons. The van der Waals surface area contributed by atoms with Gasteiger partial charge in [-0.3, -0.25) is 4.79 Å². The summed E-state index contributed by atoms with van der Waals surface area (Å²) in [6.07, 6.45) is 1.31. The van der Waals surface area contributed by atoms with E-state index in [2.05, 4.69) is 10.2 Å². The molecular formula is C16H27N3O2. The number of ether oxygens (including phenoxy) is 1. The second-order valence-electron chi connectivity index (χ2n) is 5.60. The lowest BCUT2D eigenvalue weighted by Crippen LogP contribution is -2.19. The van der Waals surface area contributed by atoms with E-state index < -0.39 is 0 Å². The maximum atomic E-state index is 11.8. The van der Waals surface area contributed by atoms with E-state index in [1.165, 1.54) is 0 Å². The number of carbonyl (C=O) groups is 1. The van der Waals surface area contributed by atoms with Crippen LogP contribution in [-0.2, 0) is 4.79 Å². The number of hydrogen-bond acceptors (Lipinski definition) is 4. The summed E-state index contributed by atoms with van der Waals surface area (Å²) in [6.45, 7) is 4.19. The molecule has 1 aromatic carbocycles. The van der Waals surface area contributed by atoms with Gasteiger partial charge in [0.25, 0.3) is 0 Å². The topological polar surface area (TPSA) is 67.6 Å². The number of hydrogen-bond donors (Lipinski definition) is 2. The molecule has 0 spiro atoms. The zero-order valence-electron chi connectivity index (χ0n) is 13.3. The highest BCUT2D eigenvalue weighted by atomic mass is 16.5. The highest BCUT2D eigenvalue weighted by molar-refractivity contribution is 5.90. The molecule has 1 rings (SSSR count). The van der Waals surface area contributed by atoms with E-state index in [1.54, 1.807) is 0 Å². The molecule has 1 aromatic rings. The fourth-order valence-electron chi connectivity index (χ4n) is 1.70. The van der Waals surface area contributed by atoms with Gasteiger partial charge in [-0.05, 0) is 57.2 Å². The summed E-state index contributed by atoms with van der Waals surface area (Å²) in [7, 11) is 4.01. The second kappa shape index (κ2) is 9.37. The number of benzene rings is 1. The molecular weight excluding hydrogens is 266 g/mol. The fraction of sp³-hybridized carbons (Fsp3) is 0.562. The van der Waals surface area contributed by atoms with Crippen molar-refractivity contribution >= 4 is 11.6 Å². The predicted molar refractivity (Wildman–Crippen MR) is 86.6 cm³/mol. The zero-order valence-corrected chi connectivity index (χ0v) is 13.3. The monoisotopic (exact) mass is 293 g/mol. The molecule has 0 saturated carbocycles. The molecule has 0 heterocycles. The van der Waals surface area contributed by atoms with Crippen molar-refractivity contribution in [3.05, 3.63) is 24.3 Å². The maximum absolute atomic E-state index is 11.8. The Morgan fingerprint density at radius 2 is 2.00 bits per heavy atom. The van der Waals surface area contributed by atoms with Gasteiger partial charge in [0.2, 0.25) is 5.91 Å². The summed E-state index contributed by atoms with van der Waals surface area (Å²) in [5.41, 5.74) is 6.33. The van der Waals surface area contributed by atoms with Gasteiger partial charge < -0.3 is 20.7 Å². The van der Waals surface area contributed by atoms with Gasteiger partial charge >= 0.3 is 0 Å². The van der Waals surface area contributed by atoms with E-state index in [4.69, 9.17) is 10.5 Å². The van der Waals surface area contributed by atoms with Crippen molar-refractivity contribution in [1.82, 2.24) is 4.90 Å². The Morgan fingerprint density at radius 1 is 1.33 bits per heavy atom. The highest BCUT2D eigenvalue weighted by Gasteiger charge is 2.06. The first-order valence-electron chi connectivity index (χ1n) is 7.38. The van der Waals surface area contributed by atoms with Gasteiger partial charge in [0, 0.05) is 18.7 Å². The van der Waals surface area contributed by atoms with Crippen LogP contribution in [0, 0.1) is 5.92 Å². The zero-order chi connectivity index (χ0) is 15.7. The van der Waals surface area contributed by atoms with Crippen LogP contribution in [-0.4, -0.2) is 44.6 Å². The third-order valence-electron chi connectivity index (χ3n) is 3.21. The molecule has 0 saturated heterocycles. The smallest absolute Gasteiger partial charge is 0.224 e. The lowest BCUT2D eigenvalue weighted by Gasteiger charge is -2.12. The maximum Gasteiger partial charge on any atom is 0.224 e. The average Bonchev–Trinajstić information content (AvgIpc) is 2.46. The molecule has 5 nitrogen and oxygen atoms in total. The van der Waals surface area contributed by atoms with Gasteiger partial charge in [-0.2, -0.15) is 0 Å². The minimum Gasteiger partial charge on any atom is -0.492 e. The Bertz CT molecular complexity index is 418. The fourth-order valence-corrected chi connectivity index (χ4v) is 1.70. The van der Waals surface area contributed by atoms with E-state index in [-0.39, 0.29) is 5.91 Å². The summed E-state index contributed by atoms with van der Waals surface area (Å²) < 4.78 is 5.60. The summed E-state index contributed by atoms with van der Waals surface area (Å²) >= 11 is 0. The van der Waals surface area contributed by atoms with Gasteiger partial charge in [-0.15, -0.1) is 0 Å². The Kier molecular flexibility index (Phi) is 7.79. The molecule has 3 N–H and O–H groups in total. The van der Waals surface area contributed by atoms with Crippen molar-refractivity contribution in [2.24, 2.45) is 11.7 Å². The van der Waals surface area contributed by atoms with Crippen LogP contribution >= 0.6 is 0 Å². The lowest BCUT2D eigenvalue weighted by atomic mass is 10.1. The minimum atomic E-state index is 0.0246. The third kappa shape index (κ3) is 7.68. The molecule has 0 aliphatic rings. The first-order valence-corrected chi connectivity index (χ1v) is 7.38. The number of anilines is 1. The predicted octanol–water partition coefficient (Wildman–Crippen LogP) is 1.94. The van der Waals surface area contributed by atoms with Gasteiger partial charge in [0.15, 0.2) is 0 Å². The van der Waals surface area contributed by atoms with Crippen LogP contribution in [0.4, 0.5) is 5.69 Å². The quantitative estimate of drug-likeness (QED) is 0.730. The molecule has 118 valence electrons. The van der Waals surface area contributed by atoms with E-state index >= 15 is 0 Å². The number of nitrogens with zero attached hydrogens (tertiary/aromatic N) is 1. The molecule has 21 heavy (non-hydrogen) atoms. The molecule has 1 amide bonds. The third-order valence-corrected chi connectivity index (χ3v) is 3.21. The molecule has 0 aliphatic carbocycles. The van der Waals surface area contributed by atoms with Crippen LogP contribution in [0.3, 0.4) is 0 Å². The average molecular weight is 293 g/mol. The van der Waals surface area contributed by atoms with Gasteiger partial charge in [0.05, 0.1) is 0 Å². The molecule has 0 bridgehead atoms. The SMILES string of the molecule is CC(CN)CCC(=O)Nc1ccc(OCCN(C)C)cc1. The highest BCUT2D eigenvalue weighted by Crippen LogP contribution is 2.16. The van der Waals surface area contributed by atoms with Crippen molar-refractivity contribution in [2.75, 3.05) is 39.1 Å². The standard InChI is InChI=1S/C16H27N3O2/c1-13(12-17)4-9-16(20)18-14-5-7-15(8-6-14)21-11-10-19(2)3/h5-8,13H,4,9-12,17H2,1-3H3,(H,18,20). The van der Waals surface area contributed by atoms with Gasteiger partial charge in [0.1, 0.15) is 12.4 Å². The minimum absolute atomic E-state index is 0.0246. The number of rotatable bonds is 9. The van der Waals surface area contributed by atoms with Crippen LogP contribution in [0.1, 0.15) is 19.8 Å². The van der Waals surface area contributed by atoms with Gasteiger partial charge in [-0.1, -0.05) is 6.92 Å². The van der Waals surface area contributed by atoms with E-state index in [9.17, 15) is 4.79 Å². The summed E-state index contributed by atoms with van der Waals surface area (Å²) in [4.78, 5) is 13.8. The van der Waals surface area contributed by atoms with Crippen molar-refractivity contribution < 1.29 is 9.53 Å². The normalized spacial score (nSPS) is 12.2. The summed E-state index contributed by atoms with van der Waals surface area (Å²) in [6, 6.07) is 7.45. The Hall–Kier alpha value is -1.59. The van der Waals surface area contributed by atoms with Crippen molar-refractivity contribution in [2.45, 2.75) is 19.8 Å². The van der Waals surface area contributed by atoms with Crippen LogP contribution < -0.4 is 15.8 Å². The number of nitrogens with one attached hydrogen (secondary N) is 1. The summed E-state index contributed by atoms with van der Waals surface area (Å²) in [5, 5.41) is 2.88. The van der Waals surface area contributed by atoms with Crippen LogP contribution in [0.25, 0.3) is 0 Å². The van der Waals surface area contributed by atoms with E-state index in [0.29, 0.717) is 25.5 Å². The Balaban J connectivity index is 2.34. The van der Waals surface area contributed by atoms with Crippen molar-refractivity contribution in [1.29, 1.82) is 0 Å². The van der Waals surface area contributed by atoms with Crippen LogP contribution in [0.5, 0.6) is 5.75 Å². The lowest BCUT2D eigenvalue weighted by molar-refractivity contribution is -0.116. The van der Waals surface area contributed by atoms with Crippen molar-refractivity contribution in [3.63, 3.8) is 0 Å².